The maximum absolute atomic E-state index is 16.9. The molecule has 48 heavy (non-hydrogen) atoms. The predicted molar refractivity (Wildman–Crippen MR) is 170 cm³/mol. The van der Waals surface area contributed by atoms with Crippen molar-refractivity contribution in [3.8, 4) is 17.1 Å². The summed E-state index contributed by atoms with van der Waals surface area (Å²) in [7, 11) is 0. The second-order valence-electron chi connectivity index (χ2n) is 12.6. The fraction of sp³-hybridized carbons (Fsp3) is 0.438. The number of carbonyl (C=O) groups excluding carboxylic acids is 1. The summed E-state index contributed by atoms with van der Waals surface area (Å²) in [4.78, 5) is 30.5. The Hall–Kier alpha value is -4.18. The third kappa shape index (κ3) is 5.38. The molecule has 16 heteroatoms. The van der Waals surface area contributed by atoms with E-state index in [1.54, 1.807) is 16.7 Å². The molecule has 0 unspecified atom stereocenters. The number of anilines is 2. The van der Waals surface area contributed by atoms with Gasteiger partial charge in [0, 0.05) is 55.2 Å². The topological polar surface area (TPSA) is 101 Å². The summed E-state index contributed by atoms with van der Waals surface area (Å²) in [5, 5.41) is -0.329. The molecule has 0 spiro atoms. The normalized spacial score (nSPS) is 23.3. The molecule has 9 nitrogen and oxygen atoms in total. The van der Waals surface area contributed by atoms with Gasteiger partial charge in [0.2, 0.25) is 5.91 Å². The van der Waals surface area contributed by atoms with Crippen LogP contribution in [0.2, 0.25) is 0 Å². The van der Waals surface area contributed by atoms with Gasteiger partial charge >= 0.3 is 12.2 Å². The van der Waals surface area contributed by atoms with Gasteiger partial charge in [-0.3, -0.25) is 9.69 Å². The van der Waals surface area contributed by atoms with Crippen molar-refractivity contribution in [1.82, 2.24) is 24.8 Å². The first-order valence-electron chi connectivity index (χ1n) is 15.5. The molecule has 3 aliphatic rings. The largest absolute Gasteiger partial charge is 0.461 e. The lowest BCUT2D eigenvalue weighted by atomic mass is 9.94. The number of fused-ring (bicyclic) bond motifs is 3. The Kier molecular flexibility index (Phi) is 7.93. The number of thiazole rings is 1. The quantitative estimate of drug-likeness (QED) is 0.195. The van der Waals surface area contributed by atoms with Crippen LogP contribution < -0.4 is 15.4 Å². The van der Waals surface area contributed by atoms with E-state index in [4.69, 9.17) is 10.5 Å². The van der Waals surface area contributed by atoms with E-state index in [1.165, 1.54) is 6.08 Å². The molecule has 4 aromatic rings. The summed E-state index contributed by atoms with van der Waals surface area (Å²) in [6.45, 7) is 6.83. The van der Waals surface area contributed by atoms with Crippen molar-refractivity contribution in [2.45, 2.75) is 50.1 Å². The van der Waals surface area contributed by atoms with Gasteiger partial charge in [-0.15, -0.1) is 0 Å². The first kappa shape index (κ1) is 32.4. The van der Waals surface area contributed by atoms with Gasteiger partial charge in [-0.25, -0.2) is 18.2 Å². The smallest absolute Gasteiger partial charge is 0.417 e. The first-order chi connectivity index (χ1) is 22.8. The maximum Gasteiger partial charge on any atom is 0.417 e. The van der Waals surface area contributed by atoms with Crippen LogP contribution in [-0.4, -0.2) is 87.7 Å². The highest BCUT2D eigenvalue weighted by atomic mass is 32.1. The molecule has 3 fully saturated rings. The Morgan fingerprint density at radius 2 is 1.96 bits per heavy atom. The second-order valence-corrected chi connectivity index (χ2v) is 13.6. The Morgan fingerprint density at radius 1 is 1.17 bits per heavy atom. The summed E-state index contributed by atoms with van der Waals surface area (Å²) in [5.74, 6) is -2.40. The molecule has 3 saturated heterocycles. The average Bonchev–Trinajstić information content (AvgIpc) is 3.71. The molecule has 3 atom stereocenters. The van der Waals surface area contributed by atoms with Crippen LogP contribution in [0, 0.1) is 11.6 Å². The van der Waals surface area contributed by atoms with Gasteiger partial charge in [-0.05, 0) is 50.6 Å². The van der Waals surface area contributed by atoms with Crippen molar-refractivity contribution < 1.29 is 35.9 Å². The van der Waals surface area contributed by atoms with E-state index in [9.17, 15) is 26.7 Å². The molecule has 1 amide bonds. The Labute approximate surface area is 275 Å². The van der Waals surface area contributed by atoms with E-state index in [1.807, 2.05) is 4.90 Å². The summed E-state index contributed by atoms with van der Waals surface area (Å²) in [6, 6.07) is 2.02. The standard InChI is InChI=1S/C32H31F6N7O2S/c1-3-22(46)43-9-10-45(16(2)13-43)28-19-11-20(32(36,37)38)23(18-5-6-21(34)27-26(18)40-29(39)48-27)24(35)25(19)41-30(42-28)47-15-31-7-4-8-44(31)14-17(33)12-31/h3,5-6,11,16-17H,1,4,7-10,12-15H2,2H3,(H2,39,40)/t16-,17-,31-/m0/s1. The lowest BCUT2D eigenvalue weighted by Crippen LogP contribution is -2.53. The number of nitrogens with zero attached hydrogens (tertiary/aromatic N) is 6. The van der Waals surface area contributed by atoms with Crippen LogP contribution >= 0.6 is 11.3 Å². The fourth-order valence-corrected chi connectivity index (χ4v) is 8.17. The van der Waals surface area contributed by atoms with Crippen LogP contribution in [0.25, 0.3) is 32.2 Å². The molecule has 2 N–H and O–H groups in total. The SMILES string of the molecule is C=CC(=O)N1CCN(c2nc(OC[C@@]34CCCN3C[C@@H](F)C4)nc3c(F)c(-c4ccc(F)c5sc(N)nc45)c(C(F)(F)F)cc23)[C@@H](C)C1. The molecule has 0 aliphatic carbocycles. The molecule has 2 aromatic carbocycles. The van der Waals surface area contributed by atoms with Crippen molar-refractivity contribution in [3.05, 3.63) is 48.1 Å². The highest BCUT2D eigenvalue weighted by Crippen LogP contribution is 2.46. The van der Waals surface area contributed by atoms with Gasteiger partial charge in [0.25, 0.3) is 0 Å². The van der Waals surface area contributed by atoms with Gasteiger partial charge in [-0.1, -0.05) is 17.9 Å². The van der Waals surface area contributed by atoms with E-state index in [0.717, 1.165) is 36.0 Å². The third-order valence-electron chi connectivity index (χ3n) is 9.59. The molecule has 3 aliphatic heterocycles. The average molecular weight is 692 g/mol. The third-order valence-corrected chi connectivity index (χ3v) is 10.5. The van der Waals surface area contributed by atoms with Crippen LogP contribution in [0.1, 0.15) is 31.7 Å². The molecule has 254 valence electrons. The minimum atomic E-state index is -5.06. The minimum Gasteiger partial charge on any atom is -0.461 e. The fourth-order valence-electron chi connectivity index (χ4n) is 7.40. The van der Waals surface area contributed by atoms with Crippen molar-refractivity contribution in [1.29, 1.82) is 0 Å². The van der Waals surface area contributed by atoms with E-state index < -0.39 is 52.2 Å². The van der Waals surface area contributed by atoms with Gasteiger partial charge < -0.3 is 20.3 Å². The summed E-state index contributed by atoms with van der Waals surface area (Å²) in [6.07, 6.45) is -3.15. The lowest BCUT2D eigenvalue weighted by Gasteiger charge is -2.40. The van der Waals surface area contributed by atoms with E-state index in [2.05, 4.69) is 21.5 Å². The Morgan fingerprint density at radius 3 is 2.69 bits per heavy atom. The number of hydrogen-bond acceptors (Lipinski definition) is 9. The van der Waals surface area contributed by atoms with Crippen LogP contribution in [0.15, 0.2) is 30.9 Å². The van der Waals surface area contributed by atoms with Gasteiger partial charge in [0.05, 0.1) is 21.3 Å². The number of nitrogens with two attached hydrogens (primary N) is 1. The Bertz CT molecular complexity index is 1950. The Balaban J connectivity index is 1.42. The number of ether oxygens (including phenoxy) is 1. The number of halogens is 6. The molecular formula is C32H31F6N7O2S. The van der Waals surface area contributed by atoms with Crippen molar-refractivity contribution >= 4 is 49.3 Å². The lowest BCUT2D eigenvalue weighted by molar-refractivity contribution is -0.137. The van der Waals surface area contributed by atoms with Gasteiger partial charge in [0.15, 0.2) is 10.9 Å². The number of alkyl halides is 4. The van der Waals surface area contributed by atoms with Crippen LogP contribution in [0.5, 0.6) is 6.01 Å². The number of rotatable bonds is 6. The van der Waals surface area contributed by atoms with Crippen LogP contribution in [0.3, 0.4) is 0 Å². The highest BCUT2D eigenvalue weighted by Gasteiger charge is 2.49. The van der Waals surface area contributed by atoms with E-state index in [0.29, 0.717) is 13.0 Å². The monoisotopic (exact) mass is 691 g/mol. The first-order valence-corrected chi connectivity index (χ1v) is 16.3. The number of piperazine rings is 1. The van der Waals surface area contributed by atoms with Crippen molar-refractivity contribution in [2.75, 3.05) is 50.0 Å². The number of carbonyl (C=O) groups is 1. The minimum absolute atomic E-state index is 0.00132. The van der Waals surface area contributed by atoms with Crippen molar-refractivity contribution in [3.63, 3.8) is 0 Å². The van der Waals surface area contributed by atoms with Gasteiger partial charge in [-0.2, -0.15) is 23.1 Å². The maximum atomic E-state index is 16.9. The molecule has 0 radical (unpaired) electrons. The summed E-state index contributed by atoms with van der Waals surface area (Å²) in [5.41, 5.74) is 2.01. The molecule has 7 rings (SSSR count). The van der Waals surface area contributed by atoms with Crippen LogP contribution in [0.4, 0.5) is 37.3 Å². The number of benzene rings is 2. The predicted octanol–water partition coefficient (Wildman–Crippen LogP) is 5.96. The zero-order valence-corrected chi connectivity index (χ0v) is 26.6. The number of aromatic nitrogens is 3. The van der Waals surface area contributed by atoms with Crippen molar-refractivity contribution in [2.24, 2.45) is 0 Å². The second kappa shape index (κ2) is 11.8. The molecular weight excluding hydrogens is 660 g/mol. The highest BCUT2D eigenvalue weighted by molar-refractivity contribution is 7.22. The van der Waals surface area contributed by atoms with E-state index in [-0.39, 0.29) is 83.2 Å². The van der Waals surface area contributed by atoms with E-state index >= 15 is 4.39 Å². The molecule has 0 saturated carbocycles. The number of amides is 1. The number of hydrogen-bond donors (Lipinski definition) is 1. The number of nitrogen functional groups attached to an aromatic ring is 1. The molecule has 0 bridgehead atoms. The van der Waals surface area contributed by atoms with Gasteiger partial charge in [0.1, 0.15) is 29.9 Å². The molecule has 5 heterocycles. The molecule has 2 aromatic heterocycles. The summed E-state index contributed by atoms with van der Waals surface area (Å²) < 4.78 is 96.5. The zero-order valence-electron chi connectivity index (χ0n) is 25.8. The zero-order chi connectivity index (χ0) is 34.1. The van der Waals surface area contributed by atoms with Crippen LogP contribution in [-0.2, 0) is 11.0 Å². The summed E-state index contributed by atoms with van der Waals surface area (Å²) >= 11 is 0.735.